The van der Waals surface area contributed by atoms with Crippen molar-refractivity contribution >= 4 is 11.9 Å². The lowest BCUT2D eigenvalue weighted by Crippen LogP contribution is -2.62. The fraction of sp³-hybridized carbons (Fsp3) is 0.647. The molecule has 132 valence electrons. The highest BCUT2D eigenvalue weighted by Gasteiger charge is 2.52. The number of amides is 1. The van der Waals surface area contributed by atoms with Crippen molar-refractivity contribution in [3.63, 3.8) is 0 Å². The molecule has 0 saturated heterocycles. The van der Waals surface area contributed by atoms with E-state index in [4.69, 9.17) is 9.84 Å². The average Bonchev–Trinajstić information content (AvgIpc) is 2.56. The number of unbranched alkanes of at least 4 members (excludes halogenated alkanes) is 1. The first-order valence-corrected chi connectivity index (χ1v) is 8.23. The number of rotatable bonds is 7. The molecule has 1 aromatic rings. The van der Waals surface area contributed by atoms with Crippen molar-refractivity contribution in [2.24, 2.45) is 5.41 Å². The van der Waals surface area contributed by atoms with Gasteiger partial charge in [0.25, 0.3) is 5.91 Å². The summed E-state index contributed by atoms with van der Waals surface area (Å²) in [4.78, 5) is 32.7. The van der Waals surface area contributed by atoms with Gasteiger partial charge in [-0.3, -0.25) is 4.79 Å². The predicted molar refractivity (Wildman–Crippen MR) is 87.9 cm³/mol. The Labute approximate surface area is 142 Å². The van der Waals surface area contributed by atoms with E-state index >= 15 is 0 Å². The highest BCUT2D eigenvalue weighted by Crippen LogP contribution is 2.45. The number of aromatic carboxylic acids is 1. The number of ether oxygens (including phenoxy) is 1. The van der Waals surface area contributed by atoms with Crippen molar-refractivity contribution in [3.05, 3.63) is 23.8 Å². The first-order valence-electron chi connectivity index (χ1n) is 8.23. The molecule has 24 heavy (non-hydrogen) atoms. The van der Waals surface area contributed by atoms with Crippen LogP contribution < -0.4 is 0 Å². The van der Waals surface area contributed by atoms with Gasteiger partial charge in [0.1, 0.15) is 5.69 Å². The molecular weight excluding hydrogens is 310 g/mol. The van der Waals surface area contributed by atoms with Crippen LogP contribution in [0.3, 0.4) is 0 Å². The first kappa shape index (κ1) is 18.3. The van der Waals surface area contributed by atoms with E-state index in [0.717, 1.165) is 32.1 Å². The SMILES string of the molecule is CCCCOC1CC(N(C)C(=O)c2cnc(C(=O)O)cn2)C1(C)C. The second kappa shape index (κ2) is 7.25. The van der Waals surface area contributed by atoms with Crippen molar-refractivity contribution < 1.29 is 19.4 Å². The maximum atomic E-state index is 12.6. The highest BCUT2D eigenvalue weighted by molar-refractivity contribution is 5.93. The lowest BCUT2D eigenvalue weighted by Gasteiger charge is -2.54. The van der Waals surface area contributed by atoms with Crippen molar-refractivity contribution in [1.29, 1.82) is 0 Å². The van der Waals surface area contributed by atoms with Crippen molar-refractivity contribution in [3.8, 4) is 0 Å². The van der Waals surface area contributed by atoms with Gasteiger partial charge in [0, 0.05) is 25.1 Å². The highest BCUT2D eigenvalue weighted by atomic mass is 16.5. The smallest absolute Gasteiger partial charge is 0.356 e. The maximum absolute atomic E-state index is 12.6. The molecule has 1 heterocycles. The summed E-state index contributed by atoms with van der Waals surface area (Å²) in [6.07, 6.45) is 5.39. The van der Waals surface area contributed by atoms with E-state index in [-0.39, 0.29) is 34.9 Å². The molecule has 0 radical (unpaired) electrons. The lowest BCUT2D eigenvalue weighted by molar-refractivity contribution is -0.140. The Balaban J connectivity index is 2.00. The van der Waals surface area contributed by atoms with Crippen molar-refractivity contribution in [1.82, 2.24) is 14.9 Å². The first-order chi connectivity index (χ1) is 11.3. The fourth-order valence-corrected chi connectivity index (χ4v) is 3.05. The van der Waals surface area contributed by atoms with Crippen LogP contribution in [0.25, 0.3) is 0 Å². The molecule has 2 atom stereocenters. The Morgan fingerprint density at radius 2 is 1.96 bits per heavy atom. The van der Waals surface area contributed by atoms with Gasteiger partial charge < -0.3 is 14.7 Å². The van der Waals surface area contributed by atoms with E-state index in [2.05, 4.69) is 30.7 Å². The fourth-order valence-electron chi connectivity index (χ4n) is 3.05. The van der Waals surface area contributed by atoms with Crippen LogP contribution in [-0.4, -0.2) is 57.7 Å². The van der Waals surface area contributed by atoms with Gasteiger partial charge in [0.2, 0.25) is 0 Å². The standard InChI is InChI=1S/C17H25N3O4/c1-5-6-7-24-14-8-13(17(14,2)3)20(4)15(21)11-9-19-12(10-18-11)16(22)23/h9-10,13-14H,5-8H2,1-4H3,(H,22,23). The van der Waals surface area contributed by atoms with Gasteiger partial charge in [-0.1, -0.05) is 27.2 Å². The van der Waals surface area contributed by atoms with E-state index in [9.17, 15) is 9.59 Å². The van der Waals surface area contributed by atoms with E-state index in [1.54, 1.807) is 11.9 Å². The van der Waals surface area contributed by atoms with Crippen molar-refractivity contribution in [2.75, 3.05) is 13.7 Å². The molecular formula is C17H25N3O4. The van der Waals surface area contributed by atoms with Gasteiger partial charge in [-0.25, -0.2) is 14.8 Å². The number of carboxylic acid groups (broad SMARTS) is 1. The zero-order valence-corrected chi connectivity index (χ0v) is 14.7. The zero-order valence-electron chi connectivity index (χ0n) is 14.7. The van der Waals surface area contributed by atoms with Gasteiger partial charge in [0.05, 0.1) is 18.5 Å². The molecule has 7 nitrogen and oxygen atoms in total. The summed E-state index contributed by atoms with van der Waals surface area (Å²) in [7, 11) is 1.74. The quantitative estimate of drug-likeness (QED) is 0.768. The van der Waals surface area contributed by atoms with E-state index in [0.29, 0.717) is 0 Å². The van der Waals surface area contributed by atoms with E-state index in [1.165, 1.54) is 6.20 Å². The normalized spacial score (nSPS) is 21.8. The number of aromatic nitrogens is 2. The molecule has 1 aliphatic carbocycles. The van der Waals surface area contributed by atoms with Gasteiger partial charge in [-0.05, 0) is 12.8 Å². The topological polar surface area (TPSA) is 92.6 Å². The second-order valence-corrected chi connectivity index (χ2v) is 6.79. The van der Waals surface area contributed by atoms with Crippen LogP contribution in [0.4, 0.5) is 0 Å². The Hall–Kier alpha value is -2.02. The summed E-state index contributed by atoms with van der Waals surface area (Å²) < 4.78 is 5.91. The maximum Gasteiger partial charge on any atom is 0.356 e. The molecule has 0 spiro atoms. The summed E-state index contributed by atoms with van der Waals surface area (Å²) in [6.45, 7) is 7.07. The molecule has 7 heteroatoms. The molecule has 0 aromatic carbocycles. The largest absolute Gasteiger partial charge is 0.476 e. The van der Waals surface area contributed by atoms with Gasteiger partial charge >= 0.3 is 5.97 Å². The minimum Gasteiger partial charge on any atom is -0.476 e. The summed E-state index contributed by atoms with van der Waals surface area (Å²) in [5.41, 5.74) is -0.164. The molecule has 0 bridgehead atoms. The third kappa shape index (κ3) is 3.56. The summed E-state index contributed by atoms with van der Waals surface area (Å²) in [5, 5.41) is 8.83. The zero-order chi connectivity index (χ0) is 17.9. The Bertz CT molecular complexity index is 600. The third-order valence-electron chi connectivity index (χ3n) is 4.82. The Morgan fingerprint density at radius 1 is 1.33 bits per heavy atom. The van der Waals surface area contributed by atoms with Crippen molar-refractivity contribution in [2.45, 2.75) is 52.2 Å². The lowest BCUT2D eigenvalue weighted by atomic mass is 9.63. The van der Waals surface area contributed by atoms with Gasteiger partial charge in [-0.15, -0.1) is 0 Å². The van der Waals surface area contributed by atoms with Crippen LogP contribution in [0.5, 0.6) is 0 Å². The average molecular weight is 335 g/mol. The van der Waals surface area contributed by atoms with Crippen LogP contribution in [0.1, 0.15) is 61.0 Å². The molecule has 0 aliphatic heterocycles. The minimum absolute atomic E-state index is 0.0533. The number of hydrogen-bond donors (Lipinski definition) is 1. The van der Waals surface area contributed by atoms with Crippen LogP contribution in [0.2, 0.25) is 0 Å². The minimum atomic E-state index is -1.16. The summed E-state index contributed by atoms with van der Waals surface area (Å²) in [6, 6.07) is 0.0533. The van der Waals surface area contributed by atoms with E-state index < -0.39 is 5.97 Å². The molecule has 2 rings (SSSR count). The Morgan fingerprint density at radius 3 is 2.46 bits per heavy atom. The number of carbonyl (C=O) groups is 2. The predicted octanol–water partition coefficient (Wildman–Crippen LogP) is 2.23. The van der Waals surface area contributed by atoms with Crippen LogP contribution >= 0.6 is 0 Å². The summed E-state index contributed by atoms with van der Waals surface area (Å²) in [5.74, 6) is -1.42. The monoisotopic (exact) mass is 335 g/mol. The van der Waals surface area contributed by atoms with Crippen LogP contribution in [0.15, 0.2) is 12.4 Å². The summed E-state index contributed by atoms with van der Waals surface area (Å²) >= 11 is 0. The van der Waals surface area contributed by atoms with Crippen LogP contribution in [0, 0.1) is 5.41 Å². The van der Waals surface area contributed by atoms with Gasteiger partial charge in [-0.2, -0.15) is 0 Å². The van der Waals surface area contributed by atoms with Gasteiger partial charge in [0.15, 0.2) is 5.69 Å². The number of carbonyl (C=O) groups excluding carboxylic acids is 1. The Kier molecular flexibility index (Phi) is 5.54. The molecule has 1 saturated carbocycles. The molecule has 1 amide bonds. The molecule has 1 fully saturated rings. The molecule has 2 unspecified atom stereocenters. The third-order valence-corrected chi connectivity index (χ3v) is 4.82. The van der Waals surface area contributed by atoms with Crippen LogP contribution in [-0.2, 0) is 4.74 Å². The molecule has 1 aromatic heterocycles. The number of nitrogens with zero attached hydrogens (tertiary/aromatic N) is 3. The van der Waals surface area contributed by atoms with E-state index in [1.807, 2.05) is 0 Å². The number of carboxylic acids is 1. The number of hydrogen-bond acceptors (Lipinski definition) is 5. The molecule has 1 N–H and O–H groups in total. The molecule has 1 aliphatic rings. The second-order valence-electron chi connectivity index (χ2n) is 6.79.